The summed E-state index contributed by atoms with van der Waals surface area (Å²) < 4.78 is 13.2. The zero-order chi connectivity index (χ0) is 13.1. The molecule has 0 saturated carbocycles. The van der Waals surface area contributed by atoms with Gasteiger partial charge in [-0.25, -0.2) is 4.39 Å². The largest absolute Gasteiger partial charge is 0.358 e. The molecular weight excluding hydrogens is 247 g/mol. The molecular formula is C14H19FN2S. The molecule has 1 aromatic carbocycles. The monoisotopic (exact) mass is 266 g/mol. The van der Waals surface area contributed by atoms with Crippen molar-refractivity contribution in [2.45, 2.75) is 44.5 Å². The molecule has 3 unspecified atom stereocenters. The summed E-state index contributed by atoms with van der Waals surface area (Å²) in [5.41, 5.74) is 0.948. The van der Waals surface area contributed by atoms with Gasteiger partial charge in [0.1, 0.15) is 5.82 Å². The number of hydrogen-bond acceptors (Lipinski definition) is 3. The average molecular weight is 266 g/mol. The Labute approximate surface area is 112 Å². The standard InChI is InChI=1S/C14H19FN2S/c1-9-7-10(2)18-14(16-9)17-11(3)12-5-4-6-13(15)8-12/h4-6,8-11H,7H2,1-3H3,(H,16,17). The molecule has 0 fully saturated rings. The predicted molar refractivity (Wildman–Crippen MR) is 76.5 cm³/mol. The normalized spacial score (nSPS) is 25.4. The Balaban J connectivity index is 2.05. The minimum absolute atomic E-state index is 0.0736. The molecule has 0 amide bonds. The molecule has 1 heterocycles. The second kappa shape index (κ2) is 5.74. The van der Waals surface area contributed by atoms with Crippen molar-refractivity contribution in [2.75, 3.05) is 0 Å². The fourth-order valence-electron chi connectivity index (χ4n) is 2.12. The van der Waals surface area contributed by atoms with Gasteiger partial charge in [-0.05, 0) is 38.0 Å². The number of nitrogens with zero attached hydrogens (tertiary/aromatic N) is 1. The van der Waals surface area contributed by atoms with Gasteiger partial charge in [0.15, 0.2) is 5.17 Å². The number of rotatable bonds is 2. The minimum atomic E-state index is -0.193. The van der Waals surface area contributed by atoms with Gasteiger partial charge in [-0.1, -0.05) is 30.8 Å². The number of thioether (sulfide) groups is 1. The molecule has 2 nitrogen and oxygen atoms in total. The van der Waals surface area contributed by atoms with E-state index < -0.39 is 0 Å². The van der Waals surface area contributed by atoms with Crippen molar-refractivity contribution in [3.05, 3.63) is 35.6 Å². The van der Waals surface area contributed by atoms with Crippen LogP contribution in [-0.4, -0.2) is 16.5 Å². The SMILES string of the molecule is CC1CC(C)SC(NC(C)c2cccc(F)c2)=N1. The van der Waals surface area contributed by atoms with Gasteiger partial charge in [-0.3, -0.25) is 4.99 Å². The van der Waals surface area contributed by atoms with Gasteiger partial charge < -0.3 is 5.32 Å². The number of amidine groups is 1. The first-order chi connectivity index (χ1) is 8.54. The first kappa shape index (κ1) is 13.4. The van der Waals surface area contributed by atoms with Gasteiger partial charge in [-0.15, -0.1) is 0 Å². The third-order valence-corrected chi connectivity index (χ3v) is 4.05. The van der Waals surface area contributed by atoms with Gasteiger partial charge in [0.05, 0.1) is 12.1 Å². The highest BCUT2D eigenvalue weighted by atomic mass is 32.2. The highest BCUT2D eigenvalue weighted by Gasteiger charge is 2.19. The van der Waals surface area contributed by atoms with Crippen LogP contribution in [0.1, 0.15) is 38.8 Å². The molecule has 0 bridgehead atoms. The minimum Gasteiger partial charge on any atom is -0.358 e. The first-order valence-corrected chi connectivity index (χ1v) is 7.19. The van der Waals surface area contributed by atoms with E-state index >= 15 is 0 Å². The van der Waals surface area contributed by atoms with Gasteiger partial charge in [0, 0.05) is 5.25 Å². The van der Waals surface area contributed by atoms with Crippen molar-refractivity contribution < 1.29 is 4.39 Å². The quantitative estimate of drug-likeness (QED) is 0.881. The highest BCUT2D eigenvalue weighted by Crippen LogP contribution is 2.25. The van der Waals surface area contributed by atoms with Crippen LogP contribution in [0.5, 0.6) is 0 Å². The Bertz CT molecular complexity index is 447. The second-order valence-corrected chi connectivity index (χ2v) is 6.30. The van der Waals surface area contributed by atoms with Gasteiger partial charge >= 0.3 is 0 Å². The molecule has 2 rings (SSSR count). The van der Waals surface area contributed by atoms with Crippen LogP contribution in [0.25, 0.3) is 0 Å². The van der Waals surface area contributed by atoms with E-state index in [-0.39, 0.29) is 11.9 Å². The predicted octanol–water partition coefficient (Wildman–Crippen LogP) is 3.75. The van der Waals surface area contributed by atoms with Crippen LogP contribution >= 0.6 is 11.8 Å². The van der Waals surface area contributed by atoms with E-state index in [0.29, 0.717) is 11.3 Å². The molecule has 1 aliphatic rings. The summed E-state index contributed by atoms with van der Waals surface area (Å²) in [5.74, 6) is -0.193. The van der Waals surface area contributed by atoms with Crippen molar-refractivity contribution in [3.63, 3.8) is 0 Å². The number of nitrogens with one attached hydrogen (secondary N) is 1. The Morgan fingerprint density at radius 3 is 2.89 bits per heavy atom. The average Bonchev–Trinajstić information content (AvgIpc) is 2.27. The van der Waals surface area contributed by atoms with Crippen molar-refractivity contribution in [1.29, 1.82) is 0 Å². The maximum absolute atomic E-state index is 13.2. The Hall–Kier alpha value is -1.03. The van der Waals surface area contributed by atoms with Crippen molar-refractivity contribution in [3.8, 4) is 0 Å². The van der Waals surface area contributed by atoms with E-state index in [9.17, 15) is 4.39 Å². The summed E-state index contributed by atoms with van der Waals surface area (Å²) in [6, 6.07) is 7.14. The summed E-state index contributed by atoms with van der Waals surface area (Å²) >= 11 is 1.76. The van der Waals surface area contributed by atoms with E-state index in [0.717, 1.165) is 17.2 Å². The van der Waals surface area contributed by atoms with Crippen molar-refractivity contribution in [2.24, 2.45) is 4.99 Å². The molecule has 0 spiro atoms. The lowest BCUT2D eigenvalue weighted by Crippen LogP contribution is -2.30. The van der Waals surface area contributed by atoms with E-state index in [4.69, 9.17) is 0 Å². The van der Waals surface area contributed by atoms with Gasteiger partial charge in [-0.2, -0.15) is 0 Å². The number of benzene rings is 1. The van der Waals surface area contributed by atoms with E-state index in [1.165, 1.54) is 6.07 Å². The number of halogens is 1. The Morgan fingerprint density at radius 2 is 2.22 bits per heavy atom. The molecule has 1 N–H and O–H groups in total. The first-order valence-electron chi connectivity index (χ1n) is 6.31. The van der Waals surface area contributed by atoms with Crippen LogP contribution in [-0.2, 0) is 0 Å². The molecule has 0 radical (unpaired) electrons. The van der Waals surface area contributed by atoms with E-state index in [2.05, 4.69) is 24.2 Å². The molecule has 0 aromatic heterocycles. The third kappa shape index (κ3) is 3.48. The second-order valence-electron chi connectivity index (χ2n) is 4.87. The highest BCUT2D eigenvalue weighted by molar-refractivity contribution is 8.14. The van der Waals surface area contributed by atoms with Crippen LogP contribution in [0.3, 0.4) is 0 Å². The third-order valence-electron chi connectivity index (χ3n) is 3.01. The van der Waals surface area contributed by atoms with Crippen LogP contribution < -0.4 is 5.32 Å². The lowest BCUT2D eigenvalue weighted by atomic mass is 10.1. The summed E-state index contributed by atoms with van der Waals surface area (Å²) in [4.78, 5) is 4.60. The lowest BCUT2D eigenvalue weighted by molar-refractivity contribution is 0.615. The molecule has 4 heteroatoms. The topological polar surface area (TPSA) is 24.4 Å². The summed E-state index contributed by atoms with van der Waals surface area (Å²) in [6.07, 6.45) is 1.12. The maximum atomic E-state index is 13.2. The lowest BCUT2D eigenvalue weighted by Gasteiger charge is -2.25. The zero-order valence-electron chi connectivity index (χ0n) is 11.0. The van der Waals surface area contributed by atoms with Crippen LogP contribution in [0.2, 0.25) is 0 Å². The molecule has 1 aliphatic heterocycles. The molecule has 0 saturated heterocycles. The van der Waals surface area contributed by atoms with Crippen LogP contribution in [0.15, 0.2) is 29.3 Å². The van der Waals surface area contributed by atoms with E-state index in [1.807, 2.05) is 13.0 Å². The van der Waals surface area contributed by atoms with Crippen molar-refractivity contribution >= 4 is 16.9 Å². The summed E-state index contributed by atoms with van der Waals surface area (Å²) in [5, 5.41) is 4.92. The summed E-state index contributed by atoms with van der Waals surface area (Å²) in [6.45, 7) is 6.37. The molecule has 98 valence electrons. The van der Waals surface area contributed by atoms with Crippen LogP contribution in [0.4, 0.5) is 4.39 Å². The fourth-order valence-corrected chi connectivity index (χ4v) is 3.36. The van der Waals surface area contributed by atoms with Gasteiger partial charge in [0.2, 0.25) is 0 Å². The Morgan fingerprint density at radius 1 is 1.44 bits per heavy atom. The summed E-state index contributed by atoms with van der Waals surface area (Å²) in [7, 11) is 0. The molecule has 3 atom stereocenters. The molecule has 18 heavy (non-hydrogen) atoms. The maximum Gasteiger partial charge on any atom is 0.157 e. The smallest absolute Gasteiger partial charge is 0.157 e. The molecule has 0 aliphatic carbocycles. The number of aliphatic imine (C=N–C) groups is 1. The van der Waals surface area contributed by atoms with Crippen LogP contribution in [0, 0.1) is 5.82 Å². The van der Waals surface area contributed by atoms with Crippen molar-refractivity contribution in [1.82, 2.24) is 5.32 Å². The fraction of sp³-hybridized carbons (Fsp3) is 0.500. The Kier molecular flexibility index (Phi) is 4.27. The molecule has 1 aromatic rings. The van der Waals surface area contributed by atoms with E-state index in [1.54, 1.807) is 23.9 Å². The number of hydrogen-bond donors (Lipinski definition) is 1. The zero-order valence-corrected chi connectivity index (χ0v) is 11.8. The van der Waals surface area contributed by atoms with Gasteiger partial charge in [0.25, 0.3) is 0 Å².